The highest BCUT2D eigenvalue weighted by Gasteiger charge is 2.18. The summed E-state index contributed by atoms with van der Waals surface area (Å²) >= 11 is 0. The number of fused-ring (bicyclic) bond motifs is 5. The van der Waals surface area contributed by atoms with Crippen molar-refractivity contribution < 1.29 is 0 Å². The highest BCUT2D eigenvalue weighted by molar-refractivity contribution is 6.14. The van der Waals surface area contributed by atoms with Crippen LogP contribution >= 0.6 is 0 Å². The standard InChI is InChI=1S/C66H46N4/c1-45-17-31-53(32-18-45)69(65-15-7-11-51-9-3-5-13-57(51)65)55-35-25-47(26-36-55)21-23-49-29-39-59-61(41-49)62-42-50(30-40-60(62)64(44-68)63(59)43-67)24-22-48-27-37-56(38-28-48)70(54-33-19-46(2)20-34-54)66-16-8-12-52-10-4-6-14-58(52)66/h3-42H,1-2H3/b23-21+,24-22+. The van der Waals surface area contributed by atoms with E-state index in [-0.39, 0.29) is 0 Å². The predicted molar refractivity (Wildman–Crippen MR) is 295 cm³/mol. The Hall–Kier alpha value is -9.48. The van der Waals surface area contributed by atoms with Gasteiger partial charge in [-0.3, -0.25) is 0 Å². The van der Waals surface area contributed by atoms with Crippen LogP contribution in [0.3, 0.4) is 0 Å². The molecule has 0 aliphatic rings. The lowest BCUT2D eigenvalue weighted by Crippen LogP contribution is -2.10. The maximum atomic E-state index is 10.4. The van der Waals surface area contributed by atoms with Crippen molar-refractivity contribution in [3.05, 3.63) is 263 Å². The largest absolute Gasteiger partial charge is 0.310 e. The smallest absolute Gasteiger partial charge is 0.101 e. The summed E-state index contributed by atoms with van der Waals surface area (Å²) in [6.07, 6.45) is 8.47. The van der Waals surface area contributed by atoms with E-state index in [2.05, 4.69) is 254 Å². The molecule has 0 saturated carbocycles. The fraction of sp³-hybridized carbons (Fsp3) is 0.0303. The van der Waals surface area contributed by atoms with Crippen LogP contribution in [0.15, 0.2) is 218 Å². The summed E-state index contributed by atoms with van der Waals surface area (Å²) < 4.78 is 0. The molecule has 330 valence electrons. The molecule has 0 spiro atoms. The Balaban J connectivity index is 0.901. The molecule has 0 saturated heterocycles. The predicted octanol–water partition coefficient (Wildman–Crippen LogP) is 17.9. The van der Waals surface area contributed by atoms with Crippen LogP contribution in [-0.4, -0.2) is 0 Å². The molecular formula is C66H46N4. The summed E-state index contributed by atoms with van der Waals surface area (Å²) in [5.41, 5.74) is 13.9. The van der Waals surface area contributed by atoms with E-state index in [1.165, 1.54) is 32.7 Å². The summed E-state index contributed by atoms with van der Waals surface area (Å²) in [5.74, 6) is 0. The van der Waals surface area contributed by atoms with Crippen LogP contribution in [0.2, 0.25) is 0 Å². The first-order valence-corrected chi connectivity index (χ1v) is 23.5. The van der Waals surface area contributed by atoms with Gasteiger partial charge in [-0.15, -0.1) is 0 Å². The van der Waals surface area contributed by atoms with Crippen LogP contribution in [0, 0.1) is 36.5 Å². The average Bonchev–Trinajstić information content (AvgIpc) is 3.41. The third-order valence-electron chi connectivity index (χ3n) is 13.2. The van der Waals surface area contributed by atoms with Crippen molar-refractivity contribution in [2.45, 2.75) is 13.8 Å². The molecule has 0 N–H and O–H groups in total. The van der Waals surface area contributed by atoms with Gasteiger partial charge in [-0.25, -0.2) is 0 Å². The van der Waals surface area contributed by atoms with Gasteiger partial charge in [0.2, 0.25) is 0 Å². The summed E-state index contributed by atoms with van der Waals surface area (Å²) in [6.45, 7) is 4.23. The van der Waals surface area contributed by atoms with Gasteiger partial charge in [0, 0.05) is 44.3 Å². The quantitative estimate of drug-likeness (QED) is 0.101. The summed E-state index contributed by atoms with van der Waals surface area (Å²) in [7, 11) is 0. The average molecular weight is 895 g/mol. The number of hydrogen-bond acceptors (Lipinski definition) is 4. The van der Waals surface area contributed by atoms with Crippen molar-refractivity contribution in [1.82, 2.24) is 0 Å². The SMILES string of the molecule is Cc1ccc(N(c2ccc(/C=C/c3ccc4c(C#N)c(C#N)c5ccc(/C=C/c6ccc(N(c7ccc(C)cc7)c7cccc8ccccc78)cc6)cc5c4c3)cc2)c2cccc3ccccc23)cc1. The number of benzene rings is 11. The van der Waals surface area contributed by atoms with Crippen molar-refractivity contribution in [1.29, 1.82) is 10.5 Å². The minimum absolute atomic E-state index is 0.395. The summed E-state index contributed by atoms with van der Waals surface area (Å²) in [6, 6.07) is 81.6. The number of hydrogen-bond donors (Lipinski definition) is 0. The van der Waals surface area contributed by atoms with E-state index in [1.807, 2.05) is 24.3 Å². The molecular weight excluding hydrogens is 849 g/mol. The fourth-order valence-corrected chi connectivity index (χ4v) is 9.62. The first-order chi connectivity index (χ1) is 34.4. The lowest BCUT2D eigenvalue weighted by Gasteiger charge is -2.27. The number of anilines is 6. The number of nitriles is 2. The second-order valence-electron chi connectivity index (χ2n) is 17.8. The molecule has 4 nitrogen and oxygen atoms in total. The number of rotatable bonds is 10. The van der Waals surface area contributed by atoms with Gasteiger partial charge in [0.15, 0.2) is 0 Å². The van der Waals surface area contributed by atoms with Crippen LogP contribution in [0.25, 0.3) is 67.4 Å². The zero-order valence-corrected chi connectivity index (χ0v) is 38.9. The van der Waals surface area contributed by atoms with E-state index in [0.717, 1.165) is 77.9 Å². The highest BCUT2D eigenvalue weighted by Crippen LogP contribution is 2.41. The normalized spacial score (nSPS) is 11.4. The van der Waals surface area contributed by atoms with Crippen LogP contribution in [0.5, 0.6) is 0 Å². The maximum Gasteiger partial charge on any atom is 0.101 e. The van der Waals surface area contributed by atoms with E-state index < -0.39 is 0 Å². The van der Waals surface area contributed by atoms with E-state index in [4.69, 9.17) is 0 Å². The zero-order chi connectivity index (χ0) is 47.6. The van der Waals surface area contributed by atoms with Gasteiger partial charge < -0.3 is 9.80 Å². The van der Waals surface area contributed by atoms with Gasteiger partial charge in [0.05, 0.1) is 22.5 Å². The lowest BCUT2D eigenvalue weighted by atomic mass is 9.90. The minimum Gasteiger partial charge on any atom is -0.310 e. The molecule has 0 aromatic heterocycles. The van der Waals surface area contributed by atoms with Gasteiger partial charge in [-0.2, -0.15) is 10.5 Å². The van der Waals surface area contributed by atoms with Gasteiger partial charge in [0.25, 0.3) is 0 Å². The van der Waals surface area contributed by atoms with Crippen molar-refractivity contribution in [3.63, 3.8) is 0 Å². The first kappa shape index (κ1) is 43.1. The minimum atomic E-state index is 0.395. The molecule has 0 bridgehead atoms. The van der Waals surface area contributed by atoms with Crippen molar-refractivity contribution in [2.75, 3.05) is 9.80 Å². The highest BCUT2D eigenvalue weighted by atomic mass is 15.1. The number of aryl methyl sites for hydroxylation is 2. The van der Waals surface area contributed by atoms with E-state index in [0.29, 0.717) is 11.1 Å². The molecule has 0 radical (unpaired) electrons. The Morgan fingerprint density at radius 2 is 0.643 bits per heavy atom. The van der Waals surface area contributed by atoms with Crippen molar-refractivity contribution in [2.24, 2.45) is 0 Å². The van der Waals surface area contributed by atoms with Gasteiger partial charge in [0.1, 0.15) is 12.1 Å². The Kier molecular flexibility index (Phi) is 11.5. The zero-order valence-electron chi connectivity index (χ0n) is 38.9. The second kappa shape index (κ2) is 18.7. The first-order valence-electron chi connectivity index (χ1n) is 23.5. The second-order valence-corrected chi connectivity index (χ2v) is 17.8. The van der Waals surface area contributed by atoms with Crippen LogP contribution in [-0.2, 0) is 0 Å². The van der Waals surface area contributed by atoms with E-state index in [1.54, 1.807) is 0 Å². The third kappa shape index (κ3) is 8.32. The topological polar surface area (TPSA) is 54.1 Å². The van der Waals surface area contributed by atoms with Crippen molar-refractivity contribution >= 4 is 102 Å². The van der Waals surface area contributed by atoms with Crippen LogP contribution in [0.1, 0.15) is 44.5 Å². The molecule has 70 heavy (non-hydrogen) atoms. The molecule has 0 amide bonds. The maximum absolute atomic E-state index is 10.4. The number of nitrogens with zero attached hydrogens (tertiary/aromatic N) is 4. The summed E-state index contributed by atoms with van der Waals surface area (Å²) in [4.78, 5) is 4.64. The monoisotopic (exact) mass is 894 g/mol. The molecule has 4 heteroatoms. The molecule has 11 aromatic carbocycles. The summed E-state index contributed by atoms with van der Waals surface area (Å²) in [5, 5.41) is 28.9. The molecule has 0 aliphatic carbocycles. The molecule has 11 aromatic rings. The van der Waals surface area contributed by atoms with E-state index >= 15 is 0 Å². The molecule has 0 aliphatic heterocycles. The molecule has 0 heterocycles. The van der Waals surface area contributed by atoms with E-state index in [9.17, 15) is 10.5 Å². The third-order valence-corrected chi connectivity index (χ3v) is 13.2. The lowest BCUT2D eigenvalue weighted by molar-refractivity contribution is 1.29. The van der Waals surface area contributed by atoms with Gasteiger partial charge in [-0.05, 0) is 130 Å². The fourth-order valence-electron chi connectivity index (χ4n) is 9.62. The Labute approximate surface area is 408 Å². The van der Waals surface area contributed by atoms with Gasteiger partial charge >= 0.3 is 0 Å². The van der Waals surface area contributed by atoms with Crippen LogP contribution < -0.4 is 9.80 Å². The molecule has 0 unspecified atom stereocenters. The molecule has 0 atom stereocenters. The molecule has 0 fully saturated rings. The Morgan fingerprint density at radius 3 is 1.03 bits per heavy atom. The van der Waals surface area contributed by atoms with Crippen molar-refractivity contribution in [3.8, 4) is 12.1 Å². The molecule has 11 rings (SSSR count). The van der Waals surface area contributed by atoms with Gasteiger partial charge in [-0.1, -0.05) is 181 Å². The van der Waals surface area contributed by atoms with Crippen LogP contribution in [0.4, 0.5) is 34.1 Å². The Bertz CT molecular complexity index is 3640. The Morgan fingerprint density at radius 1 is 0.314 bits per heavy atom.